The lowest BCUT2D eigenvalue weighted by Gasteiger charge is -2.06. The topological polar surface area (TPSA) is 46.9 Å². The molecule has 0 aliphatic carbocycles. The Hall–Kier alpha value is -1.75. The maximum absolute atomic E-state index is 12.2. The van der Waals surface area contributed by atoms with E-state index in [4.69, 9.17) is 0 Å². The molecule has 4 nitrogen and oxygen atoms in total. The zero-order valence-electron chi connectivity index (χ0n) is 12.7. The lowest BCUT2D eigenvalue weighted by molar-refractivity contribution is 0.101. The highest BCUT2D eigenvalue weighted by atomic mass is 32.2. The Kier molecular flexibility index (Phi) is 5.44. The van der Waals surface area contributed by atoms with E-state index in [0.29, 0.717) is 5.69 Å². The van der Waals surface area contributed by atoms with E-state index in [-0.39, 0.29) is 5.91 Å². The van der Waals surface area contributed by atoms with Crippen molar-refractivity contribution in [3.05, 3.63) is 41.7 Å². The predicted molar refractivity (Wildman–Crippen MR) is 88.0 cm³/mol. The fraction of sp³-hybridized carbons (Fsp3) is 0.375. The molecule has 2 aromatic rings. The van der Waals surface area contributed by atoms with Crippen LogP contribution in [0.25, 0.3) is 0 Å². The van der Waals surface area contributed by atoms with Crippen LogP contribution in [0.15, 0.2) is 35.2 Å². The van der Waals surface area contributed by atoms with Gasteiger partial charge in [0.25, 0.3) is 5.91 Å². The Labute approximate surface area is 129 Å². The van der Waals surface area contributed by atoms with E-state index in [1.54, 1.807) is 11.7 Å². The van der Waals surface area contributed by atoms with Crippen LogP contribution in [0.5, 0.6) is 0 Å². The minimum Gasteiger partial charge on any atom is -0.321 e. The highest BCUT2D eigenvalue weighted by molar-refractivity contribution is 7.99. The Morgan fingerprint density at radius 3 is 2.57 bits per heavy atom. The second-order valence-corrected chi connectivity index (χ2v) is 5.99. The van der Waals surface area contributed by atoms with Crippen LogP contribution in [-0.4, -0.2) is 21.4 Å². The minimum atomic E-state index is -0.126. The van der Waals surface area contributed by atoms with Gasteiger partial charge in [-0.2, -0.15) is 5.10 Å². The molecule has 0 aliphatic rings. The molecule has 0 aliphatic heterocycles. The molecule has 0 saturated heterocycles. The quantitative estimate of drug-likeness (QED) is 0.827. The van der Waals surface area contributed by atoms with Gasteiger partial charge in [0, 0.05) is 17.6 Å². The van der Waals surface area contributed by atoms with Gasteiger partial charge in [-0.15, -0.1) is 11.8 Å². The number of nitrogens with zero attached hydrogens (tertiary/aromatic N) is 2. The minimum absolute atomic E-state index is 0.126. The van der Waals surface area contributed by atoms with Crippen molar-refractivity contribution in [1.29, 1.82) is 0 Å². The molecule has 1 N–H and O–H groups in total. The summed E-state index contributed by atoms with van der Waals surface area (Å²) in [6.07, 6.45) is 1.98. The van der Waals surface area contributed by atoms with Gasteiger partial charge in [-0.25, -0.2) is 0 Å². The number of thioether (sulfide) groups is 1. The van der Waals surface area contributed by atoms with Crippen molar-refractivity contribution in [3.63, 3.8) is 0 Å². The second kappa shape index (κ2) is 7.31. The summed E-state index contributed by atoms with van der Waals surface area (Å²) in [7, 11) is 1.79. The van der Waals surface area contributed by atoms with E-state index < -0.39 is 0 Å². The van der Waals surface area contributed by atoms with Gasteiger partial charge >= 0.3 is 0 Å². The zero-order chi connectivity index (χ0) is 15.2. The van der Waals surface area contributed by atoms with Crippen LogP contribution in [0, 0.1) is 0 Å². The molecule has 1 amide bonds. The van der Waals surface area contributed by atoms with Crippen molar-refractivity contribution in [1.82, 2.24) is 9.78 Å². The summed E-state index contributed by atoms with van der Waals surface area (Å²) in [5.41, 5.74) is 2.31. The molecule has 0 bridgehead atoms. The SMILES string of the molecule is CCCSc1ccc(NC(=O)c2cc(CC)nn2C)cc1. The summed E-state index contributed by atoms with van der Waals surface area (Å²) in [4.78, 5) is 13.5. The molecular weight excluding hydrogens is 282 g/mol. The molecule has 1 aromatic heterocycles. The van der Waals surface area contributed by atoms with E-state index in [9.17, 15) is 4.79 Å². The normalized spacial score (nSPS) is 10.6. The molecule has 0 fully saturated rings. The maximum Gasteiger partial charge on any atom is 0.273 e. The molecule has 0 unspecified atom stereocenters. The molecule has 0 atom stereocenters. The number of hydrogen-bond donors (Lipinski definition) is 1. The first-order valence-electron chi connectivity index (χ1n) is 7.21. The smallest absolute Gasteiger partial charge is 0.273 e. The first kappa shape index (κ1) is 15.6. The molecule has 112 valence electrons. The van der Waals surface area contributed by atoms with Gasteiger partial charge < -0.3 is 5.32 Å². The Morgan fingerprint density at radius 1 is 1.29 bits per heavy atom. The zero-order valence-corrected chi connectivity index (χ0v) is 13.5. The van der Waals surface area contributed by atoms with Crippen LogP contribution in [0.2, 0.25) is 0 Å². The number of carbonyl (C=O) groups is 1. The summed E-state index contributed by atoms with van der Waals surface area (Å²) in [6.45, 7) is 4.19. The number of rotatable bonds is 6. The predicted octanol–water partition coefficient (Wildman–Crippen LogP) is 3.74. The average Bonchev–Trinajstić information content (AvgIpc) is 2.88. The lowest BCUT2D eigenvalue weighted by atomic mass is 10.2. The number of anilines is 1. The third kappa shape index (κ3) is 4.11. The highest BCUT2D eigenvalue weighted by Gasteiger charge is 2.12. The molecular formula is C16H21N3OS. The van der Waals surface area contributed by atoms with Gasteiger partial charge in [-0.1, -0.05) is 13.8 Å². The number of aryl methyl sites for hydroxylation is 2. The van der Waals surface area contributed by atoms with Gasteiger partial charge in [0.1, 0.15) is 5.69 Å². The van der Waals surface area contributed by atoms with Crippen molar-refractivity contribution in [2.24, 2.45) is 7.05 Å². The highest BCUT2D eigenvalue weighted by Crippen LogP contribution is 2.21. The molecule has 2 rings (SSSR count). The van der Waals surface area contributed by atoms with E-state index in [0.717, 1.165) is 30.0 Å². The Bertz CT molecular complexity index is 604. The summed E-state index contributed by atoms with van der Waals surface area (Å²) in [5.74, 6) is 0.985. The van der Waals surface area contributed by atoms with E-state index >= 15 is 0 Å². The van der Waals surface area contributed by atoms with Crippen molar-refractivity contribution in [3.8, 4) is 0 Å². The van der Waals surface area contributed by atoms with Crippen LogP contribution >= 0.6 is 11.8 Å². The van der Waals surface area contributed by atoms with Gasteiger partial charge in [0.15, 0.2) is 0 Å². The van der Waals surface area contributed by atoms with Crippen LogP contribution in [0.4, 0.5) is 5.69 Å². The maximum atomic E-state index is 12.2. The second-order valence-electron chi connectivity index (χ2n) is 4.83. The fourth-order valence-electron chi connectivity index (χ4n) is 1.96. The number of carbonyl (C=O) groups excluding carboxylic acids is 1. The molecule has 0 radical (unpaired) electrons. The van der Waals surface area contributed by atoms with Gasteiger partial charge in [0.2, 0.25) is 0 Å². The summed E-state index contributed by atoms with van der Waals surface area (Å²) in [6, 6.07) is 9.79. The van der Waals surface area contributed by atoms with Crippen LogP contribution in [-0.2, 0) is 13.5 Å². The van der Waals surface area contributed by atoms with E-state index in [1.807, 2.05) is 49.0 Å². The molecule has 5 heteroatoms. The third-order valence-electron chi connectivity index (χ3n) is 3.11. The van der Waals surface area contributed by atoms with E-state index in [1.165, 1.54) is 4.90 Å². The Balaban J connectivity index is 2.03. The summed E-state index contributed by atoms with van der Waals surface area (Å²) >= 11 is 1.83. The molecule has 0 spiro atoms. The molecule has 0 saturated carbocycles. The average molecular weight is 303 g/mol. The monoisotopic (exact) mass is 303 g/mol. The summed E-state index contributed by atoms with van der Waals surface area (Å²) < 4.78 is 1.62. The number of amides is 1. The van der Waals surface area contributed by atoms with Crippen molar-refractivity contribution in [2.75, 3.05) is 11.1 Å². The van der Waals surface area contributed by atoms with Crippen molar-refractivity contribution >= 4 is 23.4 Å². The number of aromatic nitrogens is 2. The third-order valence-corrected chi connectivity index (χ3v) is 4.33. The first-order valence-corrected chi connectivity index (χ1v) is 8.19. The Morgan fingerprint density at radius 2 is 2.00 bits per heavy atom. The molecule has 21 heavy (non-hydrogen) atoms. The lowest BCUT2D eigenvalue weighted by Crippen LogP contribution is -2.15. The number of nitrogens with one attached hydrogen (secondary N) is 1. The summed E-state index contributed by atoms with van der Waals surface area (Å²) in [5, 5.41) is 7.20. The first-order chi connectivity index (χ1) is 10.1. The fourth-order valence-corrected chi connectivity index (χ4v) is 2.73. The number of hydrogen-bond acceptors (Lipinski definition) is 3. The number of benzene rings is 1. The van der Waals surface area contributed by atoms with Crippen LogP contribution in [0.3, 0.4) is 0 Å². The van der Waals surface area contributed by atoms with Crippen LogP contribution in [0.1, 0.15) is 36.5 Å². The van der Waals surface area contributed by atoms with Gasteiger partial charge in [0.05, 0.1) is 5.69 Å². The van der Waals surface area contributed by atoms with E-state index in [2.05, 4.69) is 17.3 Å². The van der Waals surface area contributed by atoms with Crippen LogP contribution < -0.4 is 5.32 Å². The largest absolute Gasteiger partial charge is 0.321 e. The molecule has 1 aromatic carbocycles. The van der Waals surface area contributed by atoms with Crippen molar-refractivity contribution in [2.45, 2.75) is 31.6 Å². The molecule has 1 heterocycles. The van der Waals surface area contributed by atoms with Gasteiger partial charge in [-0.05, 0) is 48.9 Å². The van der Waals surface area contributed by atoms with Crippen molar-refractivity contribution < 1.29 is 4.79 Å². The van der Waals surface area contributed by atoms with Gasteiger partial charge in [-0.3, -0.25) is 9.48 Å². The standard InChI is InChI=1S/C16H21N3OS/c1-4-10-21-14-8-6-13(7-9-14)17-16(20)15-11-12(5-2)18-19(15)3/h6-9,11H,4-5,10H2,1-3H3,(H,17,20).